The Hall–Kier alpha value is -0.680. The molecule has 96 valence electrons. The van der Waals surface area contributed by atoms with Crippen LogP contribution < -0.4 is 5.32 Å². The number of rotatable bonds is 1. The molecule has 0 aromatic heterocycles. The molecular weight excluding hydrogens is 236 g/mol. The Labute approximate surface area is 108 Å². The van der Waals surface area contributed by atoms with Crippen LogP contribution in [0.4, 0.5) is 0 Å². The van der Waals surface area contributed by atoms with Gasteiger partial charge >= 0.3 is 0 Å². The molecule has 0 aromatic rings. The lowest BCUT2D eigenvalue weighted by Gasteiger charge is -2.30. The Morgan fingerprint density at radius 3 is 2.47 bits per heavy atom. The Morgan fingerprint density at radius 2 is 1.82 bits per heavy atom. The second-order valence-electron chi connectivity index (χ2n) is 4.73. The minimum absolute atomic E-state index is 0.112. The number of hydrogen-bond donors (Lipinski definition) is 1. The van der Waals surface area contributed by atoms with Gasteiger partial charge in [-0.1, -0.05) is 19.3 Å². The van der Waals surface area contributed by atoms with Gasteiger partial charge in [0, 0.05) is 19.0 Å². The number of thiocarbonyl (C=S) groups is 1. The van der Waals surface area contributed by atoms with E-state index in [1.54, 1.807) is 0 Å². The highest BCUT2D eigenvalue weighted by atomic mass is 32.1. The molecule has 2 fully saturated rings. The van der Waals surface area contributed by atoms with Crippen molar-refractivity contribution < 1.29 is 9.53 Å². The Bertz CT molecular complexity index is 256. The number of nitrogens with zero attached hydrogens (tertiary/aromatic N) is 1. The van der Waals surface area contributed by atoms with Crippen molar-refractivity contribution in [1.29, 1.82) is 0 Å². The predicted molar refractivity (Wildman–Crippen MR) is 69.7 cm³/mol. The minimum atomic E-state index is 0.112. The van der Waals surface area contributed by atoms with Crippen molar-refractivity contribution in [2.75, 3.05) is 26.3 Å². The highest BCUT2D eigenvalue weighted by Crippen LogP contribution is 2.23. The largest absolute Gasteiger partial charge is 0.378 e. The maximum atomic E-state index is 12.0. The van der Waals surface area contributed by atoms with E-state index in [2.05, 4.69) is 5.32 Å². The van der Waals surface area contributed by atoms with Crippen LogP contribution in [0.1, 0.15) is 32.1 Å². The van der Waals surface area contributed by atoms with Crippen molar-refractivity contribution in [3.05, 3.63) is 0 Å². The molecule has 0 atom stereocenters. The number of hydrogen-bond acceptors (Lipinski definition) is 3. The van der Waals surface area contributed by atoms with Crippen LogP contribution in [0.25, 0.3) is 0 Å². The normalized spacial score (nSPS) is 22.2. The summed E-state index contributed by atoms with van der Waals surface area (Å²) >= 11 is 5.26. The van der Waals surface area contributed by atoms with E-state index in [1.165, 1.54) is 19.3 Å². The molecule has 2 aliphatic rings. The third-order valence-electron chi connectivity index (χ3n) is 3.50. The molecule has 1 aliphatic heterocycles. The summed E-state index contributed by atoms with van der Waals surface area (Å²) in [4.78, 5) is 14.0. The molecule has 0 unspecified atom stereocenters. The molecule has 1 N–H and O–H groups in total. The third-order valence-corrected chi connectivity index (χ3v) is 3.86. The average molecular weight is 256 g/mol. The number of carbonyl (C=O) groups excluding carboxylic acids is 1. The van der Waals surface area contributed by atoms with Gasteiger partial charge in [-0.25, -0.2) is 0 Å². The molecular formula is C12H20N2O2S. The summed E-state index contributed by atoms with van der Waals surface area (Å²) in [5, 5.41) is 3.46. The molecule has 0 bridgehead atoms. The van der Waals surface area contributed by atoms with Crippen molar-refractivity contribution in [2.24, 2.45) is 5.92 Å². The smallest absolute Gasteiger partial charge is 0.229 e. The van der Waals surface area contributed by atoms with Gasteiger partial charge in [0.2, 0.25) is 5.91 Å². The van der Waals surface area contributed by atoms with E-state index < -0.39 is 0 Å². The Morgan fingerprint density at radius 1 is 1.18 bits per heavy atom. The predicted octanol–water partition coefficient (Wildman–Crippen LogP) is 1.30. The molecule has 1 saturated heterocycles. The fourth-order valence-corrected chi connectivity index (χ4v) is 2.70. The van der Waals surface area contributed by atoms with Gasteiger partial charge in [0.15, 0.2) is 5.11 Å². The SMILES string of the molecule is O=C(NC(=S)N1CCOCC1)C1CCCCC1. The fourth-order valence-electron chi connectivity index (χ4n) is 2.42. The zero-order valence-corrected chi connectivity index (χ0v) is 10.9. The van der Waals surface area contributed by atoms with Crippen molar-refractivity contribution in [2.45, 2.75) is 32.1 Å². The minimum Gasteiger partial charge on any atom is -0.378 e. The van der Waals surface area contributed by atoms with Crippen LogP contribution in [-0.2, 0) is 9.53 Å². The molecule has 2 rings (SSSR count). The summed E-state index contributed by atoms with van der Waals surface area (Å²) in [6.07, 6.45) is 5.62. The number of morpholine rings is 1. The van der Waals surface area contributed by atoms with E-state index in [9.17, 15) is 4.79 Å². The highest BCUT2D eigenvalue weighted by molar-refractivity contribution is 7.80. The number of carbonyl (C=O) groups is 1. The number of nitrogens with one attached hydrogen (secondary N) is 1. The Balaban J connectivity index is 1.78. The van der Waals surface area contributed by atoms with Gasteiger partial charge in [-0.2, -0.15) is 0 Å². The average Bonchev–Trinajstić information content (AvgIpc) is 2.40. The second kappa shape index (κ2) is 6.31. The zero-order valence-electron chi connectivity index (χ0n) is 10.1. The fraction of sp³-hybridized carbons (Fsp3) is 0.833. The highest BCUT2D eigenvalue weighted by Gasteiger charge is 2.23. The maximum absolute atomic E-state index is 12.0. The van der Waals surface area contributed by atoms with Crippen LogP contribution in [0.5, 0.6) is 0 Å². The van der Waals surface area contributed by atoms with Crippen LogP contribution in [0.2, 0.25) is 0 Å². The zero-order chi connectivity index (χ0) is 12.1. The molecule has 1 aliphatic carbocycles. The number of ether oxygens (including phenoxy) is 1. The Kier molecular flexibility index (Phi) is 4.74. The third kappa shape index (κ3) is 3.64. The molecule has 1 saturated carbocycles. The van der Waals surface area contributed by atoms with Crippen LogP contribution in [-0.4, -0.2) is 42.2 Å². The van der Waals surface area contributed by atoms with E-state index in [-0.39, 0.29) is 11.8 Å². The molecule has 0 aromatic carbocycles. The van der Waals surface area contributed by atoms with Crippen LogP contribution in [0.15, 0.2) is 0 Å². The van der Waals surface area contributed by atoms with E-state index in [4.69, 9.17) is 17.0 Å². The molecule has 1 heterocycles. The van der Waals surface area contributed by atoms with Gasteiger partial charge in [-0.05, 0) is 25.1 Å². The lowest BCUT2D eigenvalue weighted by atomic mass is 9.89. The van der Waals surface area contributed by atoms with E-state index in [1.807, 2.05) is 4.90 Å². The summed E-state index contributed by atoms with van der Waals surface area (Å²) < 4.78 is 5.26. The van der Waals surface area contributed by atoms with Gasteiger partial charge in [-0.15, -0.1) is 0 Å². The quantitative estimate of drug-likeness (QED) is 0.718. The standard InChI is InChI=1S/C12H20N2O2S/c15-11(10-4-2-1-3-5-10)13-12(17)14-6-8-16-9-7-14/h10H,1-9H2,(H,13,15,17). The van der Waals surface area contributed by atoms with Crippen molar-refractivity contribution in [3.63, 3.8) is 0 Å². The summed E-state index contributed by atoms with van der Waals surface area (Å²) in [6, 6.07) is 0. The van der Waals surface area contributed by atoms with E-state index in [0.717, 1.165) is 25.9 Å². The van der Waals surface area contributed by atoms with Crippen molar-refractivity contribution in [1.82, 2.24) is 10.2 Å². The summed E-state index contributed by atoms with van der Waals surface area (Å²) in [5.74, 6) is 0.281. The van der Waals surface area contributed by atoms with E-state index in [0.29, 0.717) is 18.3 Å². The summed E-state index contributed by atoms with van der Waals surface area (Å²) in [7, 11) is 0. The first-order valence-electron chi connectivity index (χ1n) is 6.45. The molecule has 0 spiro atoms. The molecule has 17 heavy (non-hydrogen) atoms. The van der Waals surface area contributed by atoms with Crippen molar-refractivity contribution >= 4 is 23.2 Å². The van der Waals surface area contributed by atoms with Gasteiger partial charge < -0.3 is 15.0 Å². The lowest BCUT2D eigenvalue weighted by molar-refractivity contribution is -0.124. The molecule has 1 amide bonds. The van der Waals surface area contributed by atoms with Crippen molar-refractivity contribution in [3.8, 4) is 0 Å². The van der Waals surface area contributed by atoms with E-state index >= 15 is 0 Å². The molecule has 4 nitrogen and oxygen atoms in total. The summed E-state index contributed by atoms with van der Waals surface area (Å²) in [6.45, 7) is 2.95. The molecule has 0 radical (unpaired) electrons. The lowest BCUT2D eigenvalue weighted by Crippen LogP contribution is -2.49. The first-order valence-corrected chi connectivity index (χ1v) is 6.86. The molecule has 5 heteroatoms. The monoisotopic (exact) mass is 256 g/mol. The van der Waals surface area contributed by atoms with Gasteiger partial charge in [-0.3, -0.25) is 4.79 Å². The topological polar surface area (TPSA) is 41.6 Å². The van der Waals surface area contributed by atoms with Gasteiger partial charge in [0.1, 0.15) is 0 Å². The first-order chi connectivity index (χ1) is 8.27. The van der Waals surface area contributed by atoms with Crippen LogP contribution in [0.3, 0.4) is 0 Å². The van der Waals surface area contributed by atoms with Crippen LogP contribution in [0, 0.1) is 5.92 Å². The maximum Gasteiger partial charge on any atom is 0.229 e. The van der Waals surface area contributed by atoms with Gasteiger partial charge in [0.05, 0.1) is 13.2 Å². The number of amides is 1. The van der Waals surface area contributed by atoms with Crippen LogP contribution >= 0.6 is 12.2 Å². The second-order valence-corrected chi connectivity index (χ2v) is 5.12. The van der Waals surface area contributed by atoms with Gasteiger partial charge in [0.25, 0.3) is 0 Å². The summed E-state index contributed by atoms with van der Waals surface area (Å²) in [5.41, 5.74) is 0. The first kappa shape index (κ1) is 12.8.